The van der Waals surface area contributed by atoms with Crippen molar-refractivity contribution in [2.24, 2.45) is 0 Å². The van der Waals surface area contributed by atoms with Crippen LogP contribution in [0.15, 0.2) is 11.8 Å². The molecule has 9 heavy (non-hydrogen) atoms. The smallest absolute Gasteiger partial charge is 0.449 e. The van der Waals surface area contributed by atoms with E-state index in [1.807, 2.05) is 0 Å². The minimum absolute atomic E-state index is 0.0278. The molecule has 0 saturated heterocycles. The molecule has 0 radical (unpaired) electrons. The molecule has 0 fully saturated rings. The Balaban J connectivity index is 4.25. The second kappa shape index (κ2) is 2.40. The normalized spacial score (nSPS) is 12.9. The first-order valence-corrected chi connectivity index (χ1v) is 1.84. The van der Waals surface area contributed by atoms with Gasteiger partial charge in [-0.2, -0.15) is 18.4 Å². The van der Waals surface area contributed by atoms with Crippen LogP contribution in [0.4, 0.5) is 13.2 Å². The van der Waals surface area contributed by atoms with Crippen molar-refractivity contribution in [3.05, 3.63) is 11.8 Å². The van der Waals surface area contributed by atoms with E-state index in [1.54, 1.807) is 0 Å². The van der Waals surface area contributed by atoms with Crippen LogP contribution >= 0.6 is 0 Å². The largest absolute Gasteiger partial charge is 0.504 e. The van der Waals surface area contributed by atoms with E-state index in [-0.39, 0.29) is 6.08 Å². The third-order valence-corrected chi connectivity index (χ3v) is 0.492. The number of hydrogen-bond acceptors (Lipinski definition) is 2. The van der Waals surface area contributed by atoms with Crippen LogP contribution in [0.5, 0.6) is 0 Å². The Hall–Kier alpha value is -1.18. The Bertz CT molecular complexity index is 164. The van der Waals surface area contributed by atoms with Crippen LogP contribution in [-0.2, 0) is 0 Å². The molecule has 0 spiro atoms. The van der Waals surface area contributed by atoms with Gasteiger partial charge in [-0.3, -0.25) is 0 Å². The third kappa shape index (κ3) is 2.59. The summed E-state index contributed by atoms with van der Waals surface area (Å²) in [6, 6.07) is 1.04. The Labute approximate surface area is 48.8 Å². The van der Waals surface area contributed by atoms with Crippen molar-refractivity contribution in [1.29, 1.82) is 5.26 Å². The molecular formula is C4H2F3NO. The van der Waals surface area contributed by atoms with Gasteiger partial charge >= 0.3 is 6.18 Å². The Morgan fingerprint density at radius 3 is 2.11 bits per heavy atom. The molecule has 0 saturated carbocycles. The van der Waals surface area contributed by atoms with Gasteiger partial charge < -0.3 is 5.11 Å². The minimum Gasteiger partial charge on any atom is -0.504 e. The number of nitriles is 1. The summed E-state index contributed by atoms with van der Waals surface area (Å²) in [5, 5.41) is 15.5. The molecule has 50 valence electrons. The summed E-state index contributed by atoms with van der Waals surface area (Å²) in [4.78, 5) is 0. The summed E-state index contributed by atoms with van der Waals surface area (Å²) in [5.41, 5.74) is 0. The zero-order valence-electron chi connectivity index (χ0n) is 4.11. The fraction of sp³-hybridized carbons (Fsp3) is 0.250. The number of alkyl halides is 3. The molecule has 0 aliphatic carbocycles. The number of halogens is 3. The predicted octanol–water partition coefficient (Wildman–Crippen LogP) is 1.51. The van der Waals surface area contributed by atoms with Crippen molar-refractivity contribution in [3.8, 4) is 6.07 Å². The first-order chi connectivity index (χ1) is 3.98. The second-order valence-corrected chi connectivity index (χ2v) is 1.16. The summed E-state index contributed by atoms with van der Waals surface area (Å²) in [5.74, 6) is -1.87. The van der Waals surface area contributed by atoms with Gasteiger partial charge in [-0.1, -0.05) is 0 Å². The van der Waals surface area contributed by atoms with Gasteiger partial charge in [-0.25, -0.2) is 0 Å². The molecule has 0 aromatic rings. The lowest BCUT2D eigenvalue weighted by Gasteiger charge is -2.00. The molecular weight excluding hydrogens is 135 g/mol. The molecule has 0 atom stereocenters. The van der Waals surface area contributed by atoms with Gasteiger partial charge in [0.15, 0.2) is 0 Å². The van der Waals surface area contributed by atoms with Crippen molar-refractivity contribution in [1.82, 2.24) is 0 Å². The molecule has 1 N–H and O–H groups in total. The monoisotopic (exact) mass is 137 g/mol. The number of aliphatic hydroxyl groups excluding tert-OH is 1. The zero-order chi connectivity index (χ0) is 7.49. The van der Waals surface area contributed by atoms with E-state index in [1.165, 1.54) is 0 Å². The van der Waals surface area contributed by atoms with Crippen molar-refractivity contribution in [2.75, 3.05) is 0 Å². The number of nitrogens with zero attached hydrogens (tertiary/aromatic N) is 1. The summed E-state index contributed by atoms with van der Waals surface area (Å²) < 4.78 is 33.5. The highest BCUT2D eigenvalue weighted by molar-refractivity contribution is 5.10. The van der Waals surface area contributed by atoms with E-state index in [2.05, 4.69) is 0 Å². The standard InChI is InChI=1S/C4H2F3NO/c5-4(6,7)3(9)1-2-8/h1,9H/b3-1-. The molecule has 0 aliphatic heterocycles. The Morgan fingerprint density at radius 1 is 1.56 bits per heavy atom. The number of rotatable bonds is 0. The summed E-state index contributed by atoms with van der Waals surface area (Å²) >= 11 is 0. The fourth-order valence-electron chi connectivity index (χ4n) is 0.143. The van der Waals surface area contributed by atoms with E-state index in [0.29, 0.717) is 0 Å². The maximum absolute atomic E-state index is 11.2. The summed E-state index contributed by atoms with van der Waals surface area (Å²) in [6.45, 7) is 0. The van der Waals surface area contributed by atoms with Gasteiger partial charge in [0.05, 0.1) is 12.1 Å². The molecule has 0 bridgehead atoms. The van der Waals surface area contributed by atoms with Crippen LogP contribution in [0.1, 0.15) is 0 Å². The highest BCUT2D eigenvalue weighted by Gasteiger charge is 2.33. The van der Waals surface area contributed by atoms with Crippen LogP contribution < -0.4 is 0 Å². The average molecular weight is 137 g/mol. The van der Waals surface area contributed by atoms with Gasteiger partial charge in [0.2, 0.25) is 5.76 Å². The first kappa shape index (κ1) is 7.82. The van der Waals surface area contributed by atoms with Crippen molar-refractivity contribution < 1.29 is 18.3 Å². The van der Waals surface area contributed by atoms with Crippen molar-refractivity contribution in [3.63, 3.8) is 0 Å². The molecule has 0 amide bonds. The maximum Gasteiger partial charge on any atom is 0.449 e. The van der Waals surface area contributed by atoms with E-state index >= 15 is 0 Å². The average Bonchev–Trinajstić information content (AvgIpc) is 1.64. The van der Waals surface area contributed by atoms with Gasteiger partial charge in [-0.15, -0.1) is 0 Å². The lowest BCUT2D eigenvalue weighted by Crippen LogP contribution is -2.10. The molecule has 0 aromatic carbocycles. The summed E-state index contributed by atoms with van der Waals surface area (Å²) in [7, 11) is 0. The molecule has 0 aromatic heterocycles. The van der Waals surface area contributed by atoms with E-state index < -0.39 is 11.9 Å². The number of allylic oxidation sites excluding steroid dienone is 2. The van der Waals surface area contributed by atoms with Gasteiger partial charge in [-0.05, 0) is 0 Å². The highest BCUT2D eigenvalue weighted by Crippen LogP contribution is 2.22. The van der Waals surface area contributed by atoms with Gasteiger partial charge in [0.1, 0.15) is 0 Å². The van der Waals surface area contributed by atoms with Crippen molar-refractivity contribution >= 4 is 0 Å². The quantitative estimate of drug-likeness (QED) is 0.406. The van der Waals surface area contributed by atoms with Crippen LogP contribution in [-0.4, -0.2) is 11.3 Å². The van der Waals surface area contributed by atoms with E-state index in [9.17, 15) is 13.2 Å². The van der Waals surface area contributed by atoms with Crippen molar-refractivity contribution in [2.45, 2.75) is 6.18 Å². The first-order valence-electron chi connectivity index (χ1n) is 1.84. The predicted molar refractivity (Wildman–Crippen MR) is 22.4 cm³/mol. The molecule has 0 aliphatic rings. The highest BCUT2D eigenvalue weighted by atomic mass is 19.4. The van der Waals surface area contributed by atoms with E-state index in [0.717, 1.165) is 6.07 Å². The second-order valence-electron chi connectivity index (χ2n) is 1.16. The topological polar surface area (TPSA) is 44.0 Å². The maximum atomic E-state index is 11.2. The SMILES string of the molecule is N#C/C=C(\O)C(F)(F)F. The molecule has 5 heteroatoms. The number of aliphatic hydroxyl groups is 1. The molecule has 0 unspecified atom stereocenters. The fourth-order valence-corrected chi connectivity index (χ4v) is 0.143. The van der Waals surface area contributed by atoms with Gasteiger partial charge in [0, 0.05) is 0 Å². The van der Waals surface area contributed by atoms with Crippen LogP contribution in [0.25, 0.3) is 0 Å². The molecule has 2 nitrogen and oxygen atoms in total. The third-order valence-electron chi connectivity index (χ3n) is 0.492. The lowest BCUT2D eigenvalue weighted by molar-refractivity contribution is -0.120. The molecule has 0 rings (SSSR count). The zero-order valence-corrected chi connectivity index (χ0v) is 4.11. The minimum atomic E-state index is -4.80. The summed E-state index contributed by atoms with van der Waals surface area (Å²) in [6.07, 6.45) is -4.77. The van der Waals surface area contributed by atoms with Crippen LogP contribution in [0.2, 0.25) is 0 Å². The lowest BCUT2D eigenvalue weighted by atomic mass is 10.4. The Kier molecular flexibility index (Phi) is 2.08. The van der Waals surface area contributed by atoms with Crippen LogP contribution in [0, 0.1) is 11.3 Å². The van der Waals surface area contributed by atoms with Gasteiger partial charge in [0.25, 0.3) is 0 Å². The number of hydrogen-bond donors (Lipinski definition) is 1. The van der Waals surface area contributed by atoms with E-state index in [4.69, 9.17) is 10.4 Å². The van der Waals surface area contributed by atoms with Crippen LogP contribution in [0.3, 0.4) is 0 Å². The Morgan fingerprint density at radius 2 is 2.00 bits per heavy atom. The molecule has 0 heterocycles.